The zero-order chi connectivity index (χ0) is 14.6. The van der Waals surface area contributed by atoms with Crippen LogP contribution in [0.5, 0.6) is 0 Å². The summed E-state index contributed by atoms with van der Waals surface area (Å²) in [5.41, 5.74) is 0.196. The van der Waals surface area contributed by atoms with Crippen LogP contribution in [0.25, 0.3) is 0 Å². The Morgan fingerprint density at radius 1 is 1.32 bits per heavy atom. The summed E-state index contributed by atoms with van der Waals surface area (Å²) < 4.78 is 25.6. The summed E-state index contributed by atoms with van der Waals surface area (Å²) in [6, 6.07) is 4.09. The molecule has 0 aromatic heterocycles. The van der Waals surface area contributed by atoms with E-state index < -0.39 is 10.0 Å². The molecule has 5 nitrogen and oxygen atoms in total. The number of hydrogen-bond acceptors (Lipinski definition) is 3. The molecule has 0 saturated carbocycles. The summed E-state index contributed by atoms with van der Waals surface area (Å²) in [4.78, 5) is 13.8. The van der Waals surface area contributed by atoms with Gasteiger partial charge in [0.2, 0.25) is 10.0 Å². The highest BCUT2D eigenvalue weighted by Crippen LogP contribution is 2.22. The van der Waals surface area contributed by atoms with Gasteiger partial charge in [0.25, 0.3) is 5.91 Å². The highest BCUT2D eigenvalue weighted by atomic mass is 35.5. The van der Waals surface area contributed by atoms with Gasteiger partial charge in [-0.15, -0.1) is 0 Å². The summed E-state index contributed by atoms with van der Waals surface area (Å²) in [6.45, 7) is 4.77. The van der Waals surface area contributed by atoms with Gasteiger partial charge in [-0.05, 0) is 39.1 Å². The van der Waals surface area contributed by atoms with E-state index in [0.717, 1.165) is 0 Å². The first-order chi connectivity index (χ1) is 8.87. The maximum Gasteiger partial charge on any atom is 0.255 e. The topological polar surface area (TPSA) is 66.5 Å². The molecule has 0 aliphatic rings. The van der Waals surface area contributed by atoms with Crippen molar-refractivity contribution in [2.75, 3.05) is 20.1 Å². The van der Waals surface area contributed by atoms with Crippen molar-refractivity contribution in [2.24, 2.45) is 0 Å². The number of nitrogens with one attached hydrogen (secondary N) is 1. The molecule has 0 saturated heterocycles. The molecule has 0 atom stereocenters. The first kappa shape index (κ1) is 15.9. The van der Waals surface area contributed by atoms with Crippen LogP contribution >= 0.6 is 11.6 Å². The van der Waals surface area contributed by atoms with Gasteiger partial charge in [-0.3, -0.25) is 4.79 Å². The van der Waals surface area contributed by atoms with Crippen molar-refractivity contribution < 1.29 is 13.2 Å². The fraction of sp³-hybridized carbons (Fsp3) is 0.417. The van der Waals surface area contributed by atoms with Crippen LogP contribution < -0.4 is 4.72 Å². The molecule has 0 radical (unpaired) electrons. The summed E-state index contributed by atoms with van der Waals surface area (Å²) in [7, 11) is -2.27. The van der Waals surface area contributed by atoms with Gasteiger partial charge >= 0.3 is 0 Å². The lowest BCUT2D eigenvalue weighted by molar-refractivity contribution is 0.0773. The second-order valence-corrected chi connectivity index (χ2v) is 6.12. The van der Waals surface area contributed by atoms with Crippen LogP contribution in [0, 0.1) is 0 Å². The van der Waals surface area contributed by atoms with Crippen LogP contribution in [0.15, 0.2) is 23.1 Å². The molecule has 0 bridgehead atoms. The molecule has 7 heteroatoms. The lowest BCUT2D eigenvalue weighted by atomic mass is 10.2. The molecular weight excluding hydrogens is 288 g/mol. The summed E-state index contributed by atoms with van der Waals surface area (Å²) in [5.74, 6) is -0.275. The van der Waals surface area contributed by atoms with Crippen LogP contribution in [-0.2, 0) is 10.0 Å². The summed E-state index contributed by atoms with van der Waals surface area (Å²) >= 11 is 5.98. The summed E-state index contributed by atoms with van der Waals surface area (Å²) in [5, 5.41) is 0.243. The molecule has 106 valence electrons. The van der Waals surface area contributed by atoms with Gasteiger partial charge in [0.1, 0.15) is 0 Å². The van der Waals surface area contributed by atoms with Gasteiger partial charge in [-0.1, -0.05) is 11.6 Å². The van der Waals surface area contributed by atoms with Crippen LogP contribution in [-0.4, -0.2) is 39.4 Å². The maximum atomic E-state index is 12.2. The van der Waals surface area contributed by atoms with Crippen LogP contribution in [0.3, 0.4) is 0 Å². The van der Waals surface area contributed by atoms with Crippen LogP contribution in [0.1, 0.15) is 24.2 Å². The van der Waals surface area contributed by atoms with Crippen molar-refractivity contribution in [3.05, 3.63) is 28.8 Å². The molecule has 0 aliphatic heterocycles. The number of carbonyl (C=O) groups excluding carboxylic acids is 1. The third-order valence-corrected chi connectivity index (χ3v) is 4.54. The average molecular weight is 305 g/mol. The molecule has 0 unspecified atom stereocenters. The monoisotopic (exact) mass is 304 g/mol. The Bertz CT molecular complexity index is 568. The van der Waals surface area contributed by atoms with Gasteiger partial charge in [-0.2, -0.15) is 0 Å². The Labute approximate surface area is 118 Å². The predicted octanol–water partition coefficient (Wildman–Crippen LogP) is 1.73. The van der Waals surface area contributed by atoms with Gasteiger partial charge < -0.3 is 4.90 Å². The van der Waals surface area contributed by atoms with Crippen molar-refractivity contribution >= 4 is 27.5 Å². The molecule has 1 aromatic carbocycles. The Kier molecular flexibility index (Phi) is 5.34. The third kappa shape index (κ3) is 3.46. The fourth-order valence-electron chi connectivity index (χ4n) is 1.63. The first-order valence-electron chi connectivity index (χ1n) is 5.89. The molecule has 19 heavy (non-hydrogen) atoms. The number of benzene rings is 1. The number of halogens is 1. The first-order valence-corrected chi connectivity index (χ1v) is 7.75. The van der Waals surface area contributed by atoms with E-state index in [-0.39, 0.29) is 21.4 Å². The minimum absolute atomic E-state index is 0.0231. The lowest BCUT2D eigenvalue weighted by Crippen LogP contribution is -2.31. The average Bonchev–Trinajstić information content (AvgIpc) is 2.40. The molecule has 1 N–H and O–H groups in total. The highest BCUT2D eigenvalue weighted by molar-refractivity contribution is 7.89. The van der Waals surface area contributed by atoms with Crippen molar-refractivity contribution in [1.82, 2.24) is 9.62 Å². The zero-order valence-electron chi connectivity index (χ0n) is 11.1. The van der Waals surface area contributed by atoms with E-state index in [4.69, 9.17) is 11.6 Å². The molecule has 1 aromatic rings. The van der Waals surface area contributed by atoms with Crippen LogP contribution in [0.4, 0.5) is 0 Å². The lowest BCUT2D eigenvalue weighted by Gasteiger charge is -2.19. The molecule has 0 heterocycles. The molecular formula is C12H17ClN2O3S. The van der Waals surface area contributed by atoms with Gasteiger partial charge in [-0.25, -0.2) is 13.1 Å². The van der Waals surface area contributed by atoms with E-state index in [0.29, 0.717) is 13.1 Å². The van der Waals surface area contributed by atoms with E-state index in [1.807, 2.05) is 13.8 Å². The Hall–Kier alpha value is -1.11. The minimum atomic E-state index is -3.59. The van der Waals surface area contributed by atoms with E-state index >= 15 is 0 Å². The summed E-state index contributed by atoms with van der Waals surface area (Å²) in [6.07, 6.45) is 0. The van der Waals surface area contributed by atoms with E-state index in [9.17, 15) is 13.2 Å². The number of hydrogen-bond donors (Lipinski definition) is 1. The van der Waals surface area contributed by atoms with Crippen LogP contribution in [0.2, 0.25) is 5.02 Å². The highest BCUT2D eigenvalue weighted by Gasteiger charge is 2.20. The molecule has 0 spiro atoms. The number of sulfonamides is 1. The fourth-order valence-corrected chi connectivity index (χ4v) is 2.59. The van der Waals surface area contributed by atoms with Gasteiger partial charge in [0.15, 0.2) is 0 Å². The zero-order valence-corrected chi connectivity index (χ0v) is 12.7. The SMILES string of the molecule is CCN(CC)C(=O)c1cc(S(=O)(=O)NC)ccc1Cl. The van der Waals surface area contributed by atoms with E-state index in [2.05, 4.69) is 4.72 Å². The number of carbonyl (C=O) groups is 1. The largest absolute Gasteiger partial charge is 0.339 e. The smallest absolute Gasteiger partial charge is 0.255 e. The van der Waals surface area contributed by atoms with Gasteiger partial charge in [0.05, 0.1) is 15.5 Å². The molecule has 0 fully saturated rings. The third-order valence-electron chi connectivity index (χ3n) is 2.80. The quantitative estimate of drug-likeness (QED) is 0.901. The van der Waals surface area contributed by atoms with Crippen molar-refractivity contribution in [1.29, 1.82) is 0 Å². The normalized spacial score (nSPS) is 11.4. The molecule has 1 rings (SSSR count). The molecule has 0 aliphatic carbocycles. The minimum Gasteiger partial charge on any atom is -0.339 e. The maximum absolute atomic E-state index is 12.2. The Morgan fingerprint density at radius 3 is 2.37 bits per heavy atom. The van der Waals surface area contributed by atoms with E-state index in [1.165, 1.54) is 25.2 Å². The Morgan fingerprint density at radius 2 is 1.89 bits per heavy atom. The second kappa shape index (κ2) is 6.36. The van der Waals surface area contributed by atoms with Crippen molar-refractivity contribution in [3.8, 4) is 0 Å². The van der Waals surface area contributed by atoms with Crippen molar-refractivity contribution in [3.63, 3.8) is 0 Å². The van der Waals surface area contributed by atoms with Crippen molar-refractivity contribution in [2.45, 2.75) is 18.7 Å². The number of rotatable bonds is 5. The van der Waals surface area contributed by atoms with E-state index in [1.54, 1.807) is 4.90 Å². The molecule has 1 amide bonds. The number of amides is 1. The van der Waals surface area contributed by atoms with Gasteiger partial charge in [0, 0.05) is 13.1 Å². The predicted molar refractivity (Wildman–Crippen MR) is 74.9 cm³/mol. The standard InChI is InChI=1S/C12H17ClN2O3S/c1-4-15(5-2)12(16)10-8-9(6-7-11(10)13)19(17,18)14-3/h6-8,14H,4-5H2,1-3H3. The number of nitrogens with zero attached hydrogens (tertiary/aromatic N) is 1. The second-order valence-electron chi connectivity index (χ2n) is 3.83. The Balaban J connectivity index is 3.29.